The Balaban J connectivity index is 1.41. The maximum absolute atomic E-state index is 13.4. The number of hydrogen-bond acceptors (Lipinski definition) is 3. The summed E-state index contributed by atoms with van der Waals surface area (Å²) in [6, 6.07) is 36.3. The van der Waals surface area contributed by atoms with E-state index < -0.39 is 0 Å². The van der Waals surface area contributed by atoms with E-state index >= 15 is 0 Å². The van der Waals surface area contributed by atoms with Gasteiger partial charge in [0.2, 0.25) is 0 Å². The van der Waals surface area contributed by atoms with Crippen LogP contribution in [0.5, 0.6) is 5.75 Å². The number of hydrazone groups is 1. The van der Waals surface area contributed by atoms with Gasteiger partial charge in [-0.05, 0) is 58.3 Å². The zero-order chi connectivity index (χ0) is 24.5. The molecular weight excluding hydrogens is 444 g/mol. The van der Waals surface area contributed by atoms with Gasteiger partial charge in [-0.25, -0.2) is 0 Å². The molecule has 174 valence electrons. The second-order valence-corrected chi connectivity index (χ2v) is 8.82. The molecule has 0 saturated heterocycles. The van der Waals surface area contributed by atoms with E-state index in [-0.39, 0.29) is 5.91 Å². The SMILES string of the molecule is CC1=NN(c2ccccc2)C(=O)/C1=C/c1c(OCc2cccc3ccccc23)ccc2ccccc12. The summed E-state index contributed by atoms with van der Waals surface area (Å²) in [5.74, 6) is 0.583. The third kappa shape index (κ3) is 3.93. The number of ether oxygens (including phenoxy) is 1. The zero-order valence-electron chi connectivity index (χ0n) is 19.9. The van der Waals surface area contributed by atoms with Crippen molar-refractivity contribution in [1.29, 1.82) is 0 Å². The number of hydrogen-bond donors (Lipinski definition) is 0. The van der Waals surface area contributed by atoms with Crippen LogP contribution < -0.4 is 9.75 Å². The monoisotopic (exact) mass is 468 g/mol. The number of para-hydroxylation sites is 1. The molecule has 1 aliphatic heterocycles. The zero-order valence-corrected chi connectivity index (χ0v) is 19.9. The first-order chi connectivity index (χ1) is 17.7. The molecular formula is C32H24N2O2. The van der Waals surface area contributed by atoms with Crippen molar-refractivity contribution in [3.63, 3.8) is 0 Å². The van der Waals surface area contributed by atoms with Crippen molar-refractivity contribution in [1.82, 2.24) is 0 Å². The number of carbonyl (C=O) groups excluding carboxylic acids is 1. The van der Waals surface area contributed by atoms with Crippen molar-refractivity contribution >= 4 is 44.9 Å². The van der Waals surface area contributed by atoms with Gasteiger partial charge in [-0.3, -0.25) is 4.79 Å². The Morgan fingerprint density at radius 1 is 0.750 bits per heavy atom. The summed E-state index contributed by atoms with van der Waals surface area (Å²) < 4.78 is 6.42. The van der Waals surface area contributed by atoms with Crippen LogP contribution in [0.15, 0.2) is 120 Å². The van der Waals surface area contributed by atoms with Gasteiger partial charge in [-0.15, -0.1) is 0 Å². The van der Waals surface area contributed by atoms with E-state index in [2.05, 4.69) is 53.6 Å². The fourth-order valence-corrected chi connectivity index (χ4v) is 4.70. The molecule has 0 bridgehead atoms. The van der Waals surface area contributed by atoms with Crippen molar-refractivity contribution < 1.29 is 9.53 Å². The lowest BCUT2D eigenvalue weighted by Crippen LogP contribution is -2.21. The van der Waals surface area contributed by atoms with Gasteiger partial charge in [0.05, 0.1) is 17.0 Å². The molecule has 0 aromatic heterocycles. The summed E-state index contributed by atoms with van der Waals surface area (Å²) in [4.78, 5) is 13.4. The van der Waals surface area contributed by atoms with Crippen LogP contribution in [0.4, 0.5) is 5.69 Å². The summed E-state index contributed by atoms with van der Waals surface area (Å²) in [6.45, 7) is 2.29. The first-order valence-corrected chi connectivity index (χ1v) is 12.0. The molecule has 4 heteroatoms. The summed E-state index contributed by atoms with van der Waals surface area (Å²) >= 11 is 0. The summed E-state index contributed by atoms with van der Waals surface area (Å²) in [7, 11) is 0. The van der Waals surface area contributed by atoms with Gasteiger partial charge >= 0.3 is 0 Å². The van der Waals surface area contributed by atoms with Crippen molar-refractivity contribution in [2.24, 2.45) is 5.10 Å². The van der Waals surface area contributed by atoms with E-state index in [1.807, 2.05) is 73.7 Å². The number of benzene rings is 5. The minimum atomic E-state index is -0.147. The Hall–Kier alpha value is -4.70. The van der Waals surface area contributed by atoms with Gasteiger partial charge in [0.1, 0.15) is 12.4 Å². The van der Waals surface area contributed by atoms with Gasteiger partial charge in [-0.2, -0.15) is 10.1 Å². The van der Waals surface area contributed by atoms with Crippen molar-refractivity contribution in [3.05, 3.63) is 126 Å². The fourth-order valence-electron chi connectivity index (χ4n) is 4.70. The number of amides is 1. The summed E-state index contributed by atoms with van der Waals surface area (Å²) in [5, 5.41) is 10.5. The van der Waals surface area contributed by atoms with Crippen LogP contribution in [0.25, 0.3) is 27.6 Å². The number of nitrogens with zero attached hydrogens (tertiary/aromatic N) is 2. The summed E-state index contributed by atoms with van der Waals surface area (Å²) in [6.07, 6.45) is 1.92. The topological polar surface area (TPSA) is 41.9 Å². The molecule has 0 fully saturated rings. The normalized spacial score (nSPS) is 14.6. The molecule has 0 N–H and O–H groups in total. The molecule has 0 radical (unpaired) electrons. The minimum Gasteiger partial charge on any atom is -0.488 e. The molecule has 1 heterocycles. The molecule has 5 aromatic rings. The van der Waals surface area contributed by atoms with E-state index in [0.29, 0.717) is 17.9 Å². The van der Waals surface area contributed by atoms with E-state index in [1.54, 1.807) is 0 Å². The first-order valence-electron chi connectivity index (χ1n) is 12.0. The minimum absolute atomic E-state index is 0.147. The molecule has 5 aromatic carbocycles. The Morgan fingerprint density at radius 2 is 1.42 bits per heavy atom. The molecule has 6 rings (SSSR count). The second kappa shape index (κ2) is 9.16. The van der Waals surface area contributed by atoms with Crippen LogP contribution in [0.2, 0.25) is 0 Å². The van der Waals surface area contributed by atoms with E-state index in [1.165, 1.54) is 15.8 Å². The number of anilines is 1. The maximum Gasteiger partial charge on any atom is 0.280 e. The highest BCUT2D eigenvalue weighted by molar-refractivity contribution is 6.32. The van der Waals surface area contributed by atoms with Gasteiger partial charge < -0.3 is 4.74 Å². The van der Waals surface area contributed by atoms with E-state index in [4.69, 9.17) is 4.74 Å². The molecule has 1 aliphatic rings. The predicted octanol–water partition coefficient (Wildman–Crippen LogP) is 7.38. The molecule has 0 saturated carbocycles. The Morgan fingerprint density at radius 3 is 2.22 bits per heavy atom. The van der Waals surface area contributed by atoms with Crippen LogP contribution in [-0.2, 0) is 11.4 Å². The molecule has 0 spiro atoms. The molecule has 0 unspecified atom stereocenters. The average Bonchev–Trinajstić information content (AvgIpc) is 3.21. The van der Waals surface area contributed by atoms with Crippen LogP contribution in [0.3, 0.4) is 0 Å². The van der Waals surface area contributed by atoms with Gasteiger partial charge in [0.15, 0.2) is 0 Å². The van der Waals surface area contributed by atoms with Crippen molar-refractivity contribution in [3.8, 4) is 5.75 Å². The lowest BCUT2D eigenvalue weighted by molar-refractivity contribution is -0.114. The third-order valence-electron chi connectivity index (χ3n) is 6.55. The lowest BCUT2D eigenvalue weighted by Gasteiger charge is -2.14. The lowest BCUT2D eigenvalue weighted by atomic mass is 9.99. The largest absolute Gasteiger partial charge is 0.488 e. The number of rotatable bonds is 5. The van der Waals surface area contributed by atoms with Gasteiger partial charge in [-0.1, -0.05) is 91.0 Å². The average molecular weight is 469 g/mol. The molecule has 0 aliphatic carbocycles. The fraction of sp³-hybridized carbons (Fsp3) is 0.0625. The predicted molar refractivity (Wildman–Crippen MR) is 147 cm³/mol. The van der Waals surface area contributed by atoms with Crippen molar-refractivity contribution in [2.45, 2.75) is 13.5 Å². The third-order valence-corrected chi connectivity index (χ3v) is 6.55. The molecule has 1 amide bonds. The second-order valence-electron chi connectivity index (χ2n) is 8.82. The van der Waals surface area contributed by atoms with Gasteiger partial charge in [0.25, 0.3) is 5.91 Å². The van der Waals surface area contributed by atoms with Crippen LogP contribution in [0, 0.1) is 0 Å². The highest BCUT2D eigenvalue weighted by Crippen LogP contribution is 2.33. The molecule has 4 nitrogen and oxygen atoms in total. The number of carbonyl (C=O) groups is 1. The smallest absolute Gasteiger partial charge is 0.280 e. The summed E-state index contributed by atoms with van der Waals surface area (Å²) in [5.41, 5.74) is 3.98. The Labute approximate surface area is 209 Å². The van der Waals surface area contributed by atoms with Crippen molar-refractivity contribution in [2.75, 3.05) is 5.01 Å². The van der Waals surface area contributed by atoms with Crippen LogP contribution in [0.1, 0.15) is 18.1 Å². The van der Waals surface area contributed by atoms with E-state index in [9.17, 15) is 4.79 Å². The van der Waals surface area contributed by atoms with Crippen LogP contribution in [-0.4, -0.2) is 11.6 Å². The molecule has 0 atom stereocenters. The first kappa shape index (κ1) is 21.8. The highest BCUT2D eigenvalue weighted by atomic mass is 16.5. The van der Waals surface area contributed by atoms with E-state index in [0.717, 1.165) is 33.3 Å². The van der Waals surface area contributed by atoms with Gasteiger partial charge in [0, 0.05) is 5.56 Å². The standard InChI is InChI=1S/C32H24N2O2/c1-22-29(32(35)34(33-22)26-14-3-2-4-15-26)20-30-28-17-8-6-11-24(28)18-19-31(30)36-21-25-13-9-12-23-10-5-7-16-27(23)25/h2-20H,21H2,1H3/b29-20+. The Bertz CT molecular complexity index is 1660. The number of fused-ring (bicyclic) bond motifs is 2. The highest BCUT2D eigenvalue weighted by Gasteiger charge is 2.29. The van der Waals surface area contributed by atoms with Crippen LogP contribution >= 0.6 is 0 Å². The molecule has 36 heavy (non-hydrogen) atoms. The maximum atomic E-state index is 13.4. The Kier molecular flexibility index (Phi) is 5.55. The quantitative estimate of drug-likeness (QED) is 0.253.